The van der Waals surface area contributed by atoms with Crippen molar-refractivity contribution in [2.45, 2.75) is 25.7 Å². The van der Waals surface area contributed by atoms with E-state index in [1.807, 2.05) is 24.4 Å². The third-order valence-electron chi connectivity index (χ3n) is 6.29. The van der Waals surface area contributed by atoms with Gasteiger partial charge in [0, 0.05) is 55.9 Å². The van der Waals surface area contributed by atoms with Gasteiger partial charge in [-0.2, -0.15) is 4.98 Å². The maximum Gasteiger partial charge on any atom is 0.225 e. The van der Waals surface area contributed by atoms with Crippen LogP contribution in [0.4, 0.5) is 11.5 Å². The molecule has 1 amide bonds. The van der Waals surface area contributed by atoms with Gasteiger partial charge in [-0.1, -0.05) is 6.07 Å². The molecule has 7 nitrogen and oxygen atoms in total. The van der Waals surface area contributed by atoms with Gasteiger partial charge in [-0.15, -0.1) is 0 Å². The Bertz CT molecular complexity index is 1090. The molecular weight excluding hydrogens is 402 g/mol. The van der Waals surface area contributed by atoms with Gasteiger partial charge in [0.05, 0.1) is 12.1 Å². The first kappa shape index (κ1) is 20.7. The number of hydrogen-bond acceptors (Lipinski definition) is 6. The van der Waals surface area contributed by atoms with E-state index in [-0.39, 0.29) is 5.91 Å². The number of benzene rings is 1. The number of carbonyl (C=O) groups is 1. The average Bonchev–Trinajstić information content (AvgIpc) is 2.83. The fourth-order valence-electron chi connectivity index (χ4n) is 4.49. The number of aryl methyl sites for hydroxylation is 1. The fraction of sp³-hybridized carbons (Fsp3) is 0.400. The summed E-state index contributed by atoms with van der Waals surface area (Å²) in [7, 11) is 0. The van der Waals surface area contributed by atoms with E-state index < -0.39 is 0 Å². The summed E-state index contributed by atoms with van der Waals surface area (Å²) >= 11 is 0. The highest BCUT2D eigenvalue weighted by molar-refractivity contribution is 5.93. The van der Waals surface area contributed by atoms with E-state index in [2.05, 4.69) is 49.4 Å². The zero-order valence-corrected chi connectivity index (χ0v) is 18.3. The highest BCUT2D eigenvalue weighted by Crippen LogP contribution is 2.26. The first-order chi connectivity index (χ1) is 15.8. The second kappa shape index (κ2) is 9.53. The summed E-state index contributed by atoms with van der Waals surface area (Å²) in [6.07, 6.45) is 5.22. The summed E-state index contributed by atoms with van der Waals surface area (Å²) < 4.78 is 5.82. The minimum Gasteiger partial charge on any atom is -0.478 e. The molecule has 3 aromatic rings. The van der Waals surface area contributed by atoms with Crippen LogP contribution in [0.25, 0.3) is 10.9 Å². The lowest BCUT2D eigenvalue weighted by Crippen LogP contribution is -2.46. The van der Waals surface area contributed by atoms with Crippen LogP contribution in [-0.2, 0) is 11.2 Å². The molecule has 1 fully saturated rings. The van der Waals surface area contributed by atoms with Crippen molar-refractivity contribution >= 4 is 28.3 Å². The molecule has 0 saturated carbocycles. The summed E-state index contributed by atoms with van der Waals surface area (Å²) in [5.74, 6) is 1.27. The molecule has 0 atom stereocenters. The van der Waals surface area contributed by atoms with Gasteiger partial charge in [0.25, 0.3) is 0 Å². The van der Waals surface area contributed by atoms with Crippen molar-refractivity contribution < 1.29 is 9.53 Å². The molecule has 1 saturated heterocycles. The first-order valence-electron chi connectivity index (χ1n) is 11.5. The average molecular weight is 432 g/mol. The smallest absolute Gasteiger partial charge is 0.225 e. The van der Waals surface area contributed by atoms with Crippen LogP contribution >= 0.6 is 0 Å². The number of aromatic nitrogens is 2. The van der Waals surface area contributed by atoms with Crippen LogP contribution in [-0.4, -0.2) is 60.1 Å². The molecule has 5 rings (SSSR count). The quantitative estimate of drug-likeness (QED) is 0.578. The molecule has 0 spiro atoms. The number of rotatable bonds is 7. The van der Waals surface area contributed by atoms with Crippen LogP contribution < -0.4 is 15.0 Å². The van der Waals surface area contributed by atoms with E-state index in [1.165, 1.54) is 11.1 Å². The lowest BCUT2D eigenvalue weighted by molar-refractivity contribution is -0.116. The molecule has 2 aromatic heterocycles. The molecular formula is C25H29N5O2. The standard InChI is InChI=1S/C25H29N5O2/c31-23-10-8-19-9-11-24(28-25(19)27-23)32-18-2-1-13-29-14-16-30(17-15-29)22-7-3-6-21-20(22)5-4-12-26-21/h3-7,9,11-12H,1-2,8,10,13-18H2,(H,27,28,31). The molecule has 1 aromatic carbocycles. The first-order valence-corrected chi connectivity index (χ1v) is 11.5. The van der Waals surface area contributed by atoms with E-state index in [0.29, 0.717) is 24.7 Å². The normalized spacial score (nSPS) is 16.6. The predicted octanol–water partition coefficient (Wildman–Crippen LogP) is 3.50. The summed E-state index contributed by atoms with van der Waals surface area (Å²) in [6.45, 7) is 5.95. The van der Waals surface area contributed by atoms with Crippen LogP contribution in [0, 0.1) is 0 Å². The van der Waals surface area contributed by atoms with Crippen molar-refractivity contribution in [3.63, 3.8) is 0 Å². The van der Waals surface area contributed by atoms with Gasteiger partial charge >= 0.3 is 0 Å². The molecule has 0 radical (unpaired) electrons. The van der Waals surface area contributed by atoms with Crippen LogP contribution in [0.1, 0.15) is 24.8 Å². The number of nitrogens with one attached hydrogen (secondary N) is 1. The maximum absolute atomic E-state index is 11.5. The molecule has 2 aliphatic heterocycles. The summed E-state index contributed by atoms with van der Waals surface area (Å²) in [5, 5.41) is 4.06. The Kier molecular flexibility index (Phi) is 6.16. The molecule has 1 N–H and O–H groups in total. The van der Waals surface area contributed by atoms with Gasteiger partial charge in [-0.25, -0.2) is 0 Å². The third kappa shape index (κ3) is 4.67. The lowest BCUT2D eigenvalue weighted by Gasteiger charge is -2.36. The molecule has 4 heterocycles. The van der Waals surface area contributed by atoms with Gasteiger partial charge < -0.3 is 15.0 Å². The summed E-state index contributed by atoms with van der Waals surface area (Å²) in [5.41, 5.74) is 3.43. The number of ether oxygens (including phenoxy) is 1. The Morgan fingerprint density at radius 3 is 2.78 bits per heavy atom. The second-order valence-corrected chi connectivity index (χ2v) is 8.44. The Morgan fingerprint density at radius 2 is 1.88 bits per heavy atom. The minimum absolute atomic E-state index is 0.0272. The zero-order valence-electron chi connectivity index (χ0n) is 18.3. The number of unbranched alkanes of at least 4 members (excludes halogenated alkanes) is 1. The number of amides is 1. The van der Waals surface area contributed by atoms with Gasteiger partial charge in [-0.05, 0) is 61.7 Å². The van der Waals surface area contributed by atoms with Crippen molar-refractivity contribution in [3.8, 4) is 5.88 Å². The molecule has 32 heavy (non-hydrogen) atoms. The van der Waals surface area contributed by atoms with Crippen molar-refractivity contribution in [3.05, 3.63) is 54.2 Å². The van der Waals surface area contributed by atoms with Crippen LogP contribution in [0.2, 0.25) is 0 Å². The number of pyridine rings is 2. The van der Waals surface area contributed by atoms with Crippen molar-refractivity contribution in [1.82, 2.24) is 14.9 Å². The number of piperazine rings is 1. The monoisotopic (exact) mass is 431 g/mol. The van der Waals surface area contributed by atoms with Gasteiger partial charge in [-0.3, -0.25) is 14.7 Å². The Morgan fingerprint density at radius 1 is 0.969 bits per heavy atom. The fourth-order valence-corrected chi connectivity index (χ4v) is 4.49. The van der Waals surface area contributed by atoms with Crippen molar-refractivity contribution in [1.29, 1.82) is 0 Å². The predicted molar refractivity (Wildman–Crippen MR) is 126 cm³/mol. The van der Waals surface area contributed by atoms with E-state index in [9.17, 15) is 4.79 Å². The summed E-state index contributed by atoms with van der Waals surface area (Å²) in [6, 6.07) is 14.5. The number of carbonyl (C=O) groups excluding carboxylic acids is 1. The number of fused-ring (bicyclic) bond motifs is 2. The Hall–Kier alpha value is -3.19. The van der Waals surface area contributed by atoms with Crippen molar-refractivity contribution in [2.75, 3.05) is 49.5 Å². The van der Waals surface area contributed by atoms with Gasteiger partial charge in [0.1, 0.15) is 5.82 Å². The van der Waals surface area contributed by atoms with Crippen LogP contribution in [0.5, 0.6) is 5.88 Å². The maximum atomic E-state index is 11.5. The zero-order chi connectivity index (χ0) is 21.8. The molecule has 166 valence electrons. The topological polar surface area (TPSA) is 70.6 Å². The summed E-state index contributed by atoms with van der Waals surface area (Å²) in [4.78, 5) is 25.5. The third-order valence-corrected chi connectivity index (χ3v) is 6.29. The number of anilines is 2. The van der Waals surface area contributed by atoms with Gasteiger partial charge in [0.2, 0.25) is 11.8 Å². The van der Waals surface area contributed by atoms with Gasteiger partial charge in [0.15, 0.2) is 0 Å². The highest BCUT2D eigenvalue weighted by atomic mass is 16.5. The molecule has 0 bridgehead atoms. The van der Waals surface area contributed by atoms with E-state index >= 15 is 0 Å². The minimum atomic E-state index is 0.0272. The van der Waals surface area contributed by atoms with Crippen LogP contribution in [0.3, 0.4) is 0 Å². The number of nitrogens with zero attached hydrogens (tertiary/aromatic N) is 4. The highest BCUT2D eigenvalue weighted by Gasteiger charge is 2.19. The van der Waals surface area contributed by atoms with E-state index in [4.69, 9.17) is 4.74 Å². The lowest BCUT2D eigenvalue weighted by atomic mass is 10.1. The second-order valence-electron chi connectivity index (χ2n) is 8.44. The molecule has 7 heteroatoms. The molecule has 0 unspecified atom stereocenters. The van der Waals surface area contributed by atoms with E-state index in [1.54, 1.807) is 0 Å². The largest absolute Gasteiger partial charge is 0.478 e. The Balaban J connectivity index is 1.04. The van der Waals surface area contributed by atoms with Crippen LogP contribution in [0.15, 0.2) is 48.7 Å². The Labute approximate surface area is 188 Å². The molecule has 2 aliphatic rings. The van der Waals surface area contributed by atoms with E-state index in [0.717, 1.165) is 63.1 Å². The van der Waals surface area contributed by atoms with Crippen molar-refractivity contribution in [2.24, 2.45) is 0 Å². The number of hydrogen-bond donors (Lipinski definition) is 1. The SMILES string of the molecule is O=C1CCc2ccc(OCCCCN3CCN(c4cccc5ncccc45)CC3)nc2N1. The molecule has 0 aliphatic carbocycles.